The van der Waals surface area contributed by atoms with Crippen LogP contribution in [0.3, 0.4) is 0 Å². The topological polar surface area (TPSA) is 70.6 Å². The Kier molecular flexibility index (Phi) is 6.29. The number of carbonyl (C=O) groups is 1. The molecule has 1 saturated carbocycles. The van der Waals surface area contributed by atoms with Gasteiger partial charge < -0.3 is 10.4 Å². The fourth-order valence-corrected chi connectivity index (χ4v) is 1.85. The lowest BCUT2D eigenvalue weighted by atomic mass is 10.0. The molecular formula is C12H24N2O3. The summed E-state index contributed by atoms with van der Waals surface area (Å²) in [6.07, 6.45) is 4.75. The number of hydroxylamine groups is 1. The monoisotopic (exact) mass is 244 g/mol. The molecule has 1 fully saturated rings. The van der Waals surface area contributed by atoms with Crippen LogP contribution >= 0.6 is 0 Å². The number of amides is 2. The third-order valence-corrected chi connectivity index (χ3v) is 3.12. The van der Waals surface area contributed by atoms with Gasteiger partial charge >= 0.3 is 6.03 Å². The Morgan fingerprint density at radius 3 is 2.65 bits per heavy atom. The molecule has 0 radical (unpaired) electrons. The fourth-order valence-electron chi connectivity index (χ4n) is 1.85. The normalized spacial score (nSPS) is 18.4. The highest BCUT2D eigenvalue weighted by Crippen LogP contribution is 2.19. The molecule has 5 heteroatoms. The Morgan fingerprint density at radius 1 is 1.41 bits per heavy atom. The number of urea groups is 1. The molecule has 1 atom stereocenters. The van der Waals surface area contributed by atoms with Crippen LogP contribution in [0.2, 0.25) is 0 Å². The Hall–Kier alpha value is -0.810. The van der Waals surface area contributed by atoms with Gasteiger partial charge in [-0.2, -0.15) is 0 Å². The van der Waals surface area contributed by atoms with E-state index in [0.29, 0.717) is 13.0 Å². The maximum Gasteiger partial charge on any atom is 0.338 e. The van der Waals surface area contributed by atoms with Gasteiger partial charge in [-0.15, -0.1) is 0 Å². The number of carbonyl (C=O) groups excluding carboxylic acids is 1. The predicted octanol–water partition coefficient (Wildman–Crippen LogP) is 1.57. The second-order valence-electron chi connectivity index (χ2n) is 4.98. The quantitative estimate of drug-likeness (QED) is 0.621. The van der Waals surface area contributed by atoms with Gasteiger partial charge in [0.15, 0.2) is 0 Å². The Labute approximate surface area is 103 Å². The summed E-state index contributed by atoms with van der Waals surface area (Å²) in [5.74, 6) is 0.217. The SMILES string of the molecule is CC(C)C(O)CCNC(=O)NOC1CCCC1. The highest BCUT2D eigenvalue weighted by molar-refractivity contribution is 5.72. The molecule has 0 saturated heterocycles. The molecular weight excluding hydrogens is 220 g/mol. The second-order valence-corrected chi connectivity index (χ2v) is 4.98. The number of aliphatic hydroxyl groups excluding tert-OH is 1. The van der Waals surface area contributed by atoms with Gasteiger partial charge in [0.2, 0.25) is 0 Å². The molecule has 0 aromatic heterocycles. The third-order valence-electron chi connectivity index (χ3n) is 3.12. The van der Waals surface area contributed by atoms with Crippen molar-refractivity contribution in [2.75, 3.05) is 6.54 Å². The van der Waals surface area contributed by atoms with E-state index in [2.05, 4.69) is 10.8 Å². The highest BCUT2D eigenvalue weighted by atomic mass is 16.7. The molecule has 1 unspecified atom stereocenters. The first-order chi connectivity index (χ1) is 8.09. The molecule has 0 heterocycles. The van der Waals surface area contributed by atoms with Crippen LogP contribution in [0, 0.1) is 5.92 Å². The summed E-state index contributed by atoms with van der Waals surface area (Å²) < 4.78 is 0. The standard InChI is InChI=1S/C12H24N2O3/c1-9(2)11(15)7-8-13-12(16)14-17-10-5-3-4-6-10/h9-11,15H,3-8H2,1-2H3,(H2,13,14,16). The molecule has 0 bridgehead atoms. The van der Waals surface area contributed by atoms with Gasteiger partial charge in [0.25, 0.3) is 0 Å². The zero-order chi connectivity index (χ0) is 12.7. The first-order valence-corrected chi connectivity index (χ1v) is 6.47. The van der Waals surface area contributed by atoms with Crippen molar-refractivity contribution >= 4 is 6.03 Å². The zero-order valence-electron chi connectivity index (χ0n) is 10.7. The maximum atomic E-state index is 11.3. The van der Waals surface area contributed by atoms with Crippen LogP contribution in [0.25, 0.3) is 0 Å². The number of aliphatic hydroxyl groups is 1. The lowest BCUT2D eigenvalue weighted by molar-refractivity contribution is -0.0000336. The minimum Gasteiger partial charge on any atom is -0.393 e. The van der Waals surface area contributed by atoms with E-state index < -0.39 is 0 Å². The van der Waals surface area contributed by atoms with E-state index in [4.69, 9.17) is 4.84 Å². The van der Waals surface area contributed by atoms with Crippen molar-refractivity contribution in [2.24, 2.45) is 5.92 Å². The largest absolute Gasteiger partial charge is 0.393 e. The molecule has 3 N–H and O–H groups in total. The van der Waals surface area contributed by atoms with Crippen molar-refractivity contribution in [3.63, 3.8) is 0 Å². The van der Waals surface area contributed by atoms with Gasteiger partial charge in [0, 0.05) is 6.54 Å². The number of hydrogen-bond acceptors (Lipinski definition) is 3. The molecule has 0 aromatic carbocycles. The molecule has 0 aromatic rings. The molecule has 1 aliphatic carbocycles. The first kappa shape index (κ1) is 14.3. The van der Waals surface area contributed by atoms with E-state index in [-0.39, 0.29) is 24.2 Å². The van der Waals surface area contributed by atoms with E-state index in [1.54, 1.807) is 0 Å². The van der Waals surface area contributed by atoms with Crippen LogP contribution in [0.4, 0.5) is 4.79 Å². The molecule has 0 spiro atoms. The minimum absolute atomic E-state index is 0.169. The van der Waals surface area contributed by atoms with Crippen LogP contribution in [0.15, 0.2) is 0 Å². The van der Waals surface area contributed by atoms with Crippen molar-refractivity contribution in [1.82, 2.24) is 10.8 Å². The zero-order valence-corrected chi connectivity index (χ0v) is 10.7. The van der Waals surface area contributed by atoms with E-state index in [1.807, 2.05) is 13.8 Å². The summed E-state index contributed by atoms with van der Waals surface area (Å²) >= 11 is 0. The number of hydrogen-bond donors (Lipinski definition) is 3. The molecule has 2 amide bonds. The Balaban J connectivity index is 2.00. The van der Waals surface area contributed by atoms with Gasteiger partial charge in [-0.05, 0) is 25.2 Å². The summed E-state index contributed by atoms with van der Waals surface area (Å²) in [4.78, 5) is 16.6. The van der Waals surface area contributed by atoms with Gasteiger partial charge in [0.1, 0.15) is 0 Å². The predicted molar refractivity (Wildman–Crippen MR) is 65.3 cm³/mol. The van der Waals surface area contributed by atoms with Gasteiger partial charge in [-0.3, -0.25) is 4.84 Å². The van der Waals surface area contributed by atoms with Crippen molar-refractivity contribution in [2.45, 2.75) is 58.2 Å². The Bertz CT molecular complexity index is 228. The molecule has 1 rings (SSSR count). The van der Waals surface area contributed by atoms with E-state index in [9.17, 15) is 9.90 Å². The fraction of sp³-hybridized carbons (Fsp3) is 0.917. The smallest absolute Gasteiger partial charge is 0.338 e. The summed E-state index contributed by atoms with van der Waals surface area (Å²) in [7, 11) is 0. The third kappa shape index (κ3) is 5.89. The highest BCUT2D eigenvalue weighted by Gasteiger charge is 2.16. The van der Waals surface area contributed by atoms with Gasteiger partial charge in [0.05, 0.1) is 12.2 Å². The van der Waals surface area contributed by atoms with Gasteiger partial charge in [-0.25, -0.2) is 10.3 Å². The minimum atomic E-state index is -0.369. The summed E-state index contributed by atoms with van der Waals surface area (Å²) in [5.41, 5.74) is 2.40. The average molecular weight is 244 g/mol. The number of rotatable bonds is 6. The molecule has 100 valence electrons. The van der Waals surface area contributed by atoms with E-state index in [0.717, 1.165) is 12.8 Å². The maximum absolute atomic E-state index is 11.3. The van der Waals surface area contributed by atoms with Crippen LogP contribution in [-0.2, 0) is 4.84 Å². The van der Waals surface area contributed by atoms with E-state index >= 15 is 0 Å². The summed E-state index contributed by atoms with van der Waals surface area (Å²) in [6.45, 7) is 4.36. The summed E-state index contributed by atoms with van der Waals surface area (Å²) in [5, 5.41) is 12.2. The lowest BCUT2D eigenvalue weighted by Gasteiger charge is -2.15. The number of nitrogens with one attached hydrogen (secondary N) is 2. The van der Waals surface area contributed by atoms with Crippen LogP contribution in [0.5, 0.6) is 0 Å². The van der Waals surface area contributed by atoms with Crippen LogP contribution < -0.4 is 10.8 Å². The molecule has 17 heavy (non-hydrogen) atoms. The Morgan fingerprint density at radius 2 is 2.06 bits per heavy atom. The van der Waals surface area contributed by atoms with Crippen molar-refractivity contribution in [3.05, 3.63) is 0 Å². The van der Waals surface area contributed by atoms with Crippen LogP contribution in [0.1, 0.15) is 46.0 Å². The second kappa shape index (κ2) is 7.50. The lowest BCUT2D eigenvalue weighted by Crippen LogP contribution is -2.39. The van der Waals surface area contributed by atoms with Gasteiger partial charge in [-0.1, -0.05) is 26.7 Å². The first-order valence-electron chi connectivity index (χ1n) is 6.47. The van der Waals surface area contributed by atoms with Crippen LogP contribution in [-0.4, -0.2) is 29.9 Å². The molecule has 0 aliphatic heterocycles. The molecule has 5 nitrogen and oxygen atoms in total. The van der Waals surface area contributed by atoms with Crippen molar-refractivity contribution < 1.29 is 14.7 Å². The molecule has 1 aliphatic rings. The van der Waals surface area contributed by atoms with Crippen molar-refractivity contribution in [3.8, 4) is 0 Å². The van der Waals surface area contributed by atoms with Crippen molar-refractivity contribution in [1.29, 1.82) is 0 Å². The average Bonchev–Trinajstić information content (AvgIpc) is 2.78. The van der Waals surface area contributed by atoms with E-state index in [1.165, 1.54) is 12.8 Å². The summed E-state index contributed by atoms with van der Waals surface area (Å²) in [6, 6.07) is -0.326.